The average molecular weight is 224 g/mol. The smallest absolute Gasteiger partial charge is 0.319 e. The predicted octanol–water partition coefficient (Wildman–Crippen LogP) is 2.65. The number of carbonyl (C=O) groups excluding carboxylic acids is 2. The minimum absolute atomic E-state index is 0.0309. The number of allylic oxidation sites excluding steroid dienone is 1. The highest BCUT2D eigenvalue weighted by Crippen LogP contribution is 2.37. The van der Waals surface area contributed by atoms with Crippen LogP contribution in [-0.2, 0) is 14.3 Å². The van der Waals surface area contributed by atoms with Crippen LogP contribution in [0.25, 0.3) is 0 Å². The Balaban J connectivity index is 2.95. The van der Waals surface area contributed by atoms with Crippen molar-refractivity contribution < 1.29 is 14.3 Å². The maximum absolute atomic E-state index is 12.1. The zero-order valence-electron chi connectivity index (χ0n) is 9.96. The van der Waals surface area contributed by atoms with Gasteiger partial charge in [0.25, 0.3) is 0 Å². The van der Waals surface area contributed by atoms with E-state index in [0.29, 0.717) is 25.9 Å². The summed E-state index contributed by atoms with van der Waals surface area (Å²) in [6.07, 6.45) is 5.98. The molecule has 0 spiro atoms. The van der Waals surface area contributed by atoms with E-state index in [1.165, 1.54) is 0 Å². The van der Waals surface area contributed by atoms with Gasteiger partial charge in [-0.15, -0.1) is 6.58 Å². The maximum atomic E-state index is 12.1. The first-order valence-corrected chi connectivity index (χ1v) is 5.99. The number of rotatable bonds is 4. The van der Waals surface area contributed by atoms with Gasteiger partial charge in [-0.05, 0) is 26.2 Å². The second kappa shape index (κ2) is 5.83. The lowest BCUT2D eigenvalue weighted by Gasteiger charge is -2.27. The van der Waals surface area contributed by atoms with E-state index in [-0.39, 0.29) is 11.8 Å². The molecule has 1 aliphatic rings. The Bertz CT molecular complexity index is 283. The molecule has 0 aliphatic heterocycles. The number of Topliss-reactive ketones (excluding diaryl/α,β-unsaturated/α-hetero) is 1. The average Bonchev–Trinajstić information content (AvgIpc) is 2.43. The molecule has 0 heterocycles. The summed E-state index contributed by atoms with van der Waals surface area (Å²) in [5.74, 6) is -0.329. The Kier molecular flexibility index (Phi) is 4.71. The van der Waals surface area contributed by atoms with Gasteiger partial charge in [0, 0.05) is 6.42 Å². The summed E-state index contributed by atoms with van der Waals surface area (Å²) in [6, 6.07) is 0. The van der Waals surface area contributed by atoms with Crippen molar-refractivity contribution in [3.63, 3.8) is 0 Å². The third-order valence-corrected chi connectivity index (χ3v) is 3.20. The van der Waals surface area contributed by atoms with Crippen molar-refractivity contribution in [3.05, 3.63) is 12.7 Å². The Morgan fingerprint density at radius 1 is 1.50 bits per heavy atom. The lowest BCUT2D eigenvalue weighted by atomic mass is 9.76. The SMILES string of the molecule is C=CC[C@]1(C(=O)OCC)CCCCCC1=O. The number of hydrogen-bond donors (Lipinski definition) is 0. The zero-order valence-corrected chi connectivity index (χ0v) is 9.96. The van der Waals surface area contributed by atoms with Gasteiger partial charge in [0.2, 0.25) is 0 Å². The Morgan fingerprint density at radius 2 is 2.25 bits per heavy atom. The van der Waals surface area contributed by atoms with E-state index in [1.54, 1.807) is 13.0 Å². The molecule has 0 aromatic carbocycles. The van der Waals surface area contributed by atoms with Gasteiger partial charge in [0.15, 0.2) is 0 Å². The van der Waals surface area contributed by atoms with Crippen molar-refractivity contribution in [2.45, 2.75) is 45.4 Å². The van der Waals surface area contributed by atoms with Gasteiger partial charge in [-0.3, -0.25) is 9.59 Å². The molecule has 1 saturated carbocycles. The number of hydrogen-bond acceptors (Lipinski definition) is 3. The van der Waals surface area contributed by atoms with Crippen LogP contribution < -0.4 is 0 Å². The van der Waals surface area contributed by atoms with Crippen LogP contribution in [0.15, 0.2) is 12.7 Å². The van der Waals surface area contributed by atoms with E-state index in [2.05, 4.69) is 6.58 Å². The molecular formula is C13H20O3. The van der Waals surface area contributed by atoms with Crippen LogP contribution in [-0.4, -0.2) is 18.4 Å². The fraction of sp³-hybridized carbons (Fsp3) is 0.692. The first-order chi connectivity index (χ1) is 7.67. The fourth-order valence-corrected chi connectivity index (χ4v) is 2.30. The number of carbonyl (C=O) groups is 2. The fourth-order valence-electron chi connectivity index (χ4n) is 2.30. The Labute approximate surface area is 96.9 Å². The monoisotopic (exact) mass is 224 g/mol. The standard InChI is InChI=1S/C13H20O3/c1-3-9-13(12(15)16-4-2)10-7-5-6-8-11(13)14/h3H,1,4-10H2,2H3/t13-/m0/s1. The molecule has 1 rings (SSSR count). The number of ether oxygens (including phenoxy) is 1. The molecule has 90 valence electrons. The molecule has 0 N–H and O–H groups in total. The third kappa shape index (κ3) is 2.52. The van der Waals surface area contributed by atoms with E-state index in [9.17, 15) is 9.59 Å². The third-order valence-electron chi connectivity index (χ3n) is 3.20. The first-order valence-electron chi connectivity index (χ1n) is 5.99. The van der Waals surface area contributed by atoms with E-state index < -0.39 is 5.41 Å². The van der Waals surface area contributed by atoms with Crippen molar-refractivity contribution in [2.75, 3.05) is 6.61 Å². The van der Waals surface area contributed by atoms with Gasteiger partial charge >= 0.3 is 5.97 Å². The van der Waals surface area contributed by atoms with Crippen LogP contribution >= 0.6 is 0 Å². The lowest BCUT2D eigenvalue weighted by molar-refractivity contribution is -0.160. The molecule has 3 heteroatoms. The zero-order chi connectivity index (χ0) is 12.0. The molecule has 0 amide bonds. The summed E-state index contributed by atoms with van der Waals surface area (Å²) in [5.41, 5.74) is -0.936. The van der Waals surface area contributed by atoms with Crippen molar-refractivity contribution in [1.82, 2.24) is 0 Å². The molecule has 1 aliphatic carbocycles. The Hall–Kier alpha value is -1.12. The topological polar surface area (TPSA) is 43.4 Å². The maximum Gasteiger partial charge on any atom is 0.319 e. The van der Waals surface area contributed by atoms with Crippen molar-refractivity contribution in [2.24, 2.45) is 5.41 Å². The van der Waals surface area contributed by atoms with E-state index in [1.807, 2.05) is 0 Å². The summed E-state index contributed by atoms with van der Waals surface area (Å²) in [6.45, 7) is 5.74. The molecule has 0 radical (unpaired) electrons. The van der Waals surface area contributed by atoms with Crippen LogP contribution in [0.3, 0.4) is 0 Å². The number of esters is 1. The second-order valence-electron chi connectivity index (χ2n) is 4.28. The van der Waals surface area contributed by atoms with Crippen LogP contribution in [0.1, 0.15) is 45.4 Å². The van der Waals surface area contributed by atoms with E-state index in [0.717, 1.165) is 19.3 Å². The summed E-state index contributed by atoms with van der Waals surface area (Å²) in [5, 5.41) is 0. The molecule has 1 fully saturated rings. The lowest BCUT2D eigenvalue weighted by Crippen LogP contribution is -2.39. The van der Waals surface area contributed by atoms with E-state index in [4.69, 9.17) is 4.74 Å². The molecule has 0 aromatic heterocycles. The first kappa shape index (κ1) is 12.9. The highest BCUT2D eigenvalue weighted by molar-refractivity contribution is 6.04. The summed E-state index contributed by atoms with van der Waals surface area (Å²) in [7, 11) is 0. The van der Waals surface area contributed by atoms with Gasteiger partial charge in [-0.2, -0.15) is 0 Å². The normalized spacial score (nSPS) is 25.9. The van der Waals surface area contributed by atoms with Gasteiger partial charge in [-0.1, -0.05) is 18.9 Å². The van der Waals surface area contributed by atoms with Gasteiger partial charge in [-0.25, -0.2) is 0 Å². The molecule has 0 aromatic rings. The van der Waals surface area contributed by atoms with Crippen molar-refractivity contribution >= 4 is 11.8 Å². The van der Waals surface area contributed by atoms with Gasteiger partial charge in [0.05, 0.1) is 6.61 Å². The molecule has 0 unspecified atom stereocenters. The molecule has 0 saturated heterocycles. The molecule has 16 heavy (non-hydrogen) atoms. The second-order valence-corrected chi connectivity index (χ2v) is 4.28. The van der Waals surface area contributed by atoms with Crippen LogP contribution in [0.2, 0.25) is 0 Å². The van der Waals surface area contributed by atoms with Crippen molar-refractivity contribution in [3.8, 4) is 0 Å². The minimum atomic E-state index is -0.936. The van der Waals surface area contributed by atoms with Crippen LogP contribution in [0.5, 0.6) is 0 Å². The molecular weight excluding hydrogens is 204 g/mol. The van der Waals surface area contributed by atoms with Crippen molar-refractivity contribution in [1.29, 1.82) is 0 Å². The van der Waals surface area contributed by atoms with Crippen LogP contribution in [0.4, 0.5) is 0 Å². The minimum Gasteiger partial charge on any atom is -0.465 e. The summed E-state index contributed by atoms with van der Waals surface area (Å²) < 4.78 is 5.06. The summed E-state index contributed by atoms with van der Waals surface area (Å²) in [4.78, 5) is 24.1. The predicted molar refractivity (Wildman–Crippen MR) is 62.0 cm³/mol. The Morgan fingerprint density at radius 3 is 2.88 bits per heavy atom. The molecule has 0 bridgehead atoms. The highest BCUT2D eigenvalue weighted by atomic mass is 16.5. The van der Waals surface area contributed by atoms with E-state index >= 15 is 0 Å². The molecule has 3 nitrogen and oxygen atoms in total. The van der Waals surface area contributed by atoms with Gasteiger partial charge < -0.3 is 4.74 Å². The largest absolute Gasteiger partial charge is 0.465 e. The highest BCUT2D eigenvalue weighted by Gasteiger charge is 2.45. The summed E-state index contributed by atoms with van der Waals surface area (Å²) >= 11 is 0. The quantitative estimate of drug-likeness (QED) is 0.319. The number of ketones is 1. The van der Waals surface area contributed by atoms with Gasteiger partial charge in [0.1, 0.15) is 11.2 Å². The van der Waals surface area contributed by atoms with Crippen LogP contribution in [0, 0.1) is 5.41 Å². The molecule has 1 atom stereocenters.